The van der Waals surface area contributed by atoms with Gasteiger partial charge in [-0.15, -0.1) is 0 Å². The molecule has 8 heteroatoms. The third-order valence-electron chi connectivity index (χ3n) is 4.22. The zero-order valence-corrected chi connectivity index (χ0v) is 14.9. The van der Waals surface area contributed by atoms with E-state index >= 15 is 0 Å². The summed E-state index contributed by atoms with van der Waals surface area (Å²) in [6, 6.07) is 10.5. The van der Waals surface area contributed by atoms with Crippen LogP contribution < -0.4 is 20.9 Å². The maximum absolute atomic E-state index is 11.8. The van der Waals surface area contributed by atoms with E-state index in [1.807, 2.05) is 24.3 Å². The average Bonchev–Trinajstić information content (AvgIpc) is 3.36. The van der Waals surface area contributed by atoms with E-state index in [9.17, 15) is 14.4 Å². The quantitative estimate of drug-likeness (QED) is 0.645. The maximum Gasteiger partial charge on any atom is 0.315 e. The Balaban J connectivity index is 1.34. The van der Waals surface area contributed by atoms with Crippen molar-refractivity contribution in [3.8, 4) is 0 Å². The highest BCUT2D eigenvalue weighted by atomic mass is 16.3. The van der Waals surface area contributed by atoms with Crippen LogP contribution in [0.4, 0.5) is 10.5 Å². The molecule has 4 amide bonds. The summed E-state index contributed by atoms with van der Waals surface area (Å²) in [5.74, 6) is 0.0664. The Morgan fingerprint density at radius 3 is 2.48 bits per heavy atom. The number of hydrogen-bond acceptors (Lipinski definition) is 4. The lowest BCUT2D eigenvalue weighted by Crippen LogP contribution is -2.40. The minimum absolute atomic E-state index is 0.152. The highest BCUT2D eigenvalue weighted by molar-refractivity contribution is 5.95. The SMILES string of the molecule is O=C(NCCNC(=O)c1ccco1)NCc1ccc(N2CCCC2=O)cc1. The van der Waals surface area contributed by atoms with Crippen molar-refractivity contribution in [2.75, 3.05) is 24.5 Å². The summed E-state index contributed by atoms with van der Waals surface area (Å²) in [5.41, 5.74) is 1.82. The van der Waals surface area contributed by atoms with Crippen molar-refractivity contribution in [1.82, 2.24) is 16.0 Å². The van der Waals surface area contributed by atoms with E-state index in [2.05, 4.69) is 16.0 Å². The number of furan rings is 1. The number of carbonyl (C=O) groups excluding carboxylic acids is 3. The molecule has 0 aliphatic carbocycles. The van der Waals surface area contributed by atoms with Crippen LogP contribution in [0.15, 0.2) is 47.1 Å². The van der Waals surface area contributed by atoms with Gasteiger partial charge in [0.2, 0.25) is 5.91 Å². The second-order valence-electron chi connectivity index (χ2n) is 6.16. The Bertz CT molecular complexity index is 787. The monoisotopic (exact) mass is 370 g/mol. The van der Waals surface area contributed by atoms with E-state index in [-0.39, 0.29) is 23.6 Å². The van der Waals surface area contributed by atoms with E-state index in [4.69, 9.17) is 4.42 Å². The second-order valence-corrected chi connectivity index (χ2v) is 6.16. The van der Waals surface area contributed by atoms with Crippen LogP contribution in [0.25, 0.3) is 0 Å². The number of nitrogens with zero attached hydrogens (tertiary/aromatic N) is 1. The highest BCUT2D eigenvalue weighted by Crippen LogP contribution is 2.21. The van der Waals surface area contributed by atoms with Crippen molar-refractivity contribution in [3.05, 3.63) is 54.0 Å². The first-order valence-electron chi connectivity index (χ1n) is 8.86. The first kappa shape index (κ1) is 18.5. The number of urea groups is 1. The Labute approximate surface area is 156 Å². The molecule has 0 spiro atoms. The third kappa shape index (κ3) is 5.10. The van der Waals surface area contributed by atoms with E-state index in [1.54, 1.807) is 17.0 Å². The van der Waals surface area contributed by atoms with Crippen molar-refractivity contribution in [2.24, 2.45) is 0 Å². The lowest BCUT2D eigenvalue weighted by Gasteiger charge is -2.16. The number of benzene rings is 1. The van der Waals surface area contributed by atoms with Gasteiger partial charge in [0.1, 0.15) is 0 Å². The summed E-state index contributed by atoms with van der Waals surface area (Å²) in [4.78, 5) is 37.0. The van der Waals surface area contributed by atoms with Crippen LogP contribution in [0.2, 0.25) is 0 Å². The number of anilines is 1. The molecule has 1 fully saturated rings. The smallest absolute Gasteiger partial charge is 0.315 e. The van der Waals surface area contributed by atoms with Gasteiger partial charge in [0, 0.05) is 38.3 Å². The van der Waals surface area contributed by atoms with Gasteiger partial charge in [-0.25, -0.2) is 4.79 Å². The number of rotatable bonds is 7. The number of amides is 4. The first-order chi connectivity index (χ1) is 13.1. The third-order valence-corrected chi connectivity index (χ3v) is 4.22. The Morgan fingerprint density at radius 2 is 1.81 bits per heavy atom. The molecule has 2 heterocycles. The largest absolute Gasteiger partial charge is 0.459 e. The Hall–Kier alpha value is -3.29. The van der Waals surface area contributed by atoms with Gasteiger partial charge in [0.05, 0.1) is 6.26 Å². The molecule has 0 bridgehead atoms. The predicted octanol–water partition coefficient (Wildman–Crippen LogP) is 1.64. The van der Waals surface area contributed by atoms with Crippen molar-refractivity contribution in [2.45, 2.75) is 19.4 Å². The molecule has 142 valence electrons. The Kier molecular flexibility index (Phi) is 6.09. The van der Waals surface area contributed by atoms with Crippen molar-refractivity contribution in [1.29, 1.82) is 0 Å². The fourth-order valence-electron chi connectivity index (χ4n) is 2.81. The minimum atomic E-state index is -0.321. The van der Waals surface area contributed by atoms with Crippen LogP contribution in [-0.2, 0) is 11.3 Å². The van der Waals surface area contributed by atoms with Crippen LogP contribution in [0.5, 0.6) is 0 Å². The van der Waals surface area contributed by atoms with Crippen LogP contribution in [0, 0.1) is 0 Å². The van der Waals surface area contributed by atoms with Crippen LogP contribution in [0.3, 0.4) is 0 Å². The van der Waals surface area contributed by atoms with Gasteiger partial charge < -0.3 is 25.3 Å². The standard InChI is InChI=1S/C19H22N4O4/c24-17-4-1-11-23(17)15-7-5-14(6-8-15)13-22-19(26)21-10-9-20-18(25)16-3-2-12-27-16/h2-3,5-8,12H,1,4,9-11,13H2,(H,20,25)(H2,21,22,26). The lowest BCUT2D eigenvalue weighted by molar-refractivity contribution is -0.117. The Morgan fingerprint density at radius 1 is 1.04 bits per heavy atom. The molecule has 1 saturated heterocycles. The normalized spacial score (nSPS) is 13.5. The molecule has 1 aromatic heterocycles. The van der Waals surface area contributed by atoms with E-state index < -0.39 is 0 Å². The highest BCUT2D eigenvalue weighted by Gasteiger charge is 2.21. The molecular formula is C19H22N4O4. The summed E-state index contributed by atoms with van der Waals surface area (Å²) < 4.78 is 4.97. The molecule has 27 heavy (non-hydrogen) atoms. The predicted molar refractivity (Wildman–Crippen MR) is 99.3 cm³/mol. The minimum Gasteiger partial charge on any atom is -0.459 e. The zero-order valence-electron chi connectivity index (χ0n) is 14.9. The van der Waals surface area contributed by atoms with Crippen LogP contribution in [-0.4, -0.2) is 37.5 Å². The molecule has 0 radical (unpaired) electrons. The molecule has 8 nitrogen and oxygen atoms in total. The molecule has 1 aliphatic rings. The second kappa shape index (κ2) is 8.88. The molecule has 0 saturated carbocycles. The number of nitrogens with one attached hydrogen (secondary N) is 3. The van der Waals surface area contributed by atoms with Gasteiger partial charge in [-0.3, -0.25) is 9.59 Å². The topological polar surface area (TPSA) is 104 Å². The van der Waals surface area contributed by atoms with Crippen LogP contribution >= 0.6 is 0 Å². The summed E-state index contributed by atoms with van der Waals surface area (Å²) >= 11 is 0. The number of carbonyl (C=O) groups is 3. The summed E-state index contributed by atoms with van der Waals surface area (Å²) in [7, 11) is 0. The zero-order chi connectivity index (χ0) is 19.1. The van der Waals surface area contributed by atoms with Gasteiger partial charge in [0.15, 0.2) is 5.76 Å². The summed E-state index contributed by atoms with van der Waals surface area (Å²) in [6.45, 7) is 1.73. The summed E-state index contributed by atoms with van der Waals surface area (Å²) in [6.07, 6.45) is 2.92. The molecule has 2 aromatic rings. The average molecular weight is 370 g/mol. The van der Waals surface area contributed by atoms with Gasteiger partial charge in [-0.2, -0.15) is 0 Å². The number of hydrogen-bond donors (Lipinski definition) is 3. The van der Waals surface area contributed by atoms with Gasteiger partial charge in [0.25, 0.3) is 5.91 Å². The first-order valence-corrected chi connectivity index (χ1v) is 8.86. The molecule has 0 atom stereocenters. The van der Waals surface area contributed by atoms with Gasteiger partial charge >= 0.3 is 6.03 Å². The van der Waals surface area contributed by atoms with Crippen molar-refractivity contribution in [3.63, 3.8) is 0 Å². The maximum atomic E-state index is 11.8. The van der Waals surface area contributed by atoms with E-state index in [1.165, 1.54) is 6.26 Å². The fourth-order valence-corrected chi connectivity index (χ4v) is 2.81. The lowest BCUT2D eigenvalue weighted by atomic mass is 10.2. The molecule has 1 aromatic carbocycles. The van der Waals surface area contributed by atoms with Gasteiger partial charge in [-0.05, 0) is 36.2 Å². The fraction of sp³-hybridized carbons (Fsp3) is 0.316. The van der Waals surface area contributed by atoms with Crippen molar-refractivity contribution >= 4 is 23.5 Å². The molecule has 3 rings (SSSR count). The molecule has 0 unspecified atom stereocenters. The van der Waals surface area contributed by atoms with Crippen molar-refractivity contribution < 1.29 is 18.8 Å². The summed E-state index contributed by atoms with van der Waals surface area (Å²) in [5, 5.41) is 8.06. The van der Waals surface area contributed by atoms with Crippen LogP contribution in [0.1, 0.15) is 29.0 Å². The molecule has 3 N–H and O–H groups in total. The molecule has 1 aliphatic heterocycles. The van der Waals surface area contributed by atoms with Gasteiger partial charge in [-0.1, -0.05) is 12.1 Å². The van der Waals surface area contributed by atoms with E-state index in [0.717, 1.165) is 24.2 Å². The molecular weight excluding hydrogens is 348 g/mol. The van der Waals surface area contributed by atoms with E-state index in [0.29, 0.717) is 26.1 Å².